The second-order valence-electron chi connectivity index (χ2n) is 4.82. The number of rotatable bonds is 3. The standard InChI is InChI=1S/C16H14BrF3O/c1-10-3-4-11(2)15(7-10)21-13-6-5-12(9-17)14(8-13)16(18,19)20/h3-8H,9H2,1-2H3. The normalized spacial score (nSPS) is 11.5. The van der Waals surface area contributed by atoms with E-state index in [-0.39, 0.29) is 16.6 Å². The Balaban J connectivity index is 2.39. The van der Waals surface area contributed by atoms with Crippen molar-refractivity contribution in [1.29, 1.82) is 0 Å². The molecule has 2 aromatic carbocycles. The van der Waals surface area contributed by atoms with E-state index in [1.807, 2.05) is 26.0 Å². The summed E-state index contributed by atoms with van der Waals surface area (Å²) < 4.78 is 44.7. The van der Waals surface area contributed by atoms with Crippen molar-refractivity contribution in [2.75, 3.05) is 0 Å². The van der Waals surface area contributed by atoms with Crippen molar-refractivity contribution in [2.24, 2.45) is 0 Å². The summed E-state index contributed by atoms with van der Waals surface area (Å²) in [6.07, 6.45) is -4.40. The summed E-state index contributed by atoms with van der Waals surface area (Å²) in [7, 11) is 0. The molecule has 0 aliphatic carbocycles. The van der Waals surface area contributed by atoms with Gasteiger partial charge in [-0.1, -0.05) is 34.1 Å². The van der Waals surface area contributed by atoms with E-state index in [4.69, 9.17) is 4.74 Å². The molecular weight excluding hydrogens is 345 g/mol. The maximum atomic E-state index is 13.0. The van der Waals surface area contributed by atoms with Crippen LogP contribution in [0.4, 0.5) is 13.2 Å². The van der Waals surface area contributed by atoms with Crippen molar-refractivity contribution in [3.05, 3.63) is 58.7 Å². The first kappa shape index (κ1) is 15.9. The predicted molar refractivity (Wildman–Crippen MR) is 80.1 cm³/mol. The van der Waals surface area contributed by atoms with Crippen LogP contribution < -0.4 is 4.74 Å². The number of hydrogen-bond donors (Lipinski definition) is 0. The van der Waals surface area contributed by atoms with Gasteiger partial charge in [-0.25, -0.2) is 0 Å². The van der Waals surface area contributed by atoms with Crippen LogP contribution in [0, 0.1) is 13.8 Å². The molecule has 0 unspecified atom stereocenters. The van der Waals surface area contributed by atoms with Gasteiger partial charge in [0.15, 0.2) is 0 Å². The lowest BCUT2D eigenvalue weighted by molar-refractivity contribution is -0.138. The molecule has 2 aromatic rings. The maximum Gasteiger partial charge on any atom is 0.416 e. The summed E-state index contributed by atoms with van der Waals surface area (Å²) in [5.74, 6) is 0.746. The Morgan fingerprint density at radius 1 is 1.05 bits per heavy atom. The highest BCUT2D eigenvalue weighted by molar-refractivity contribution is 9.08. The van der Waals surface area contributed by atoms with E-state index in [0.29, 0.717) is 5.75 Å². The minimum absolute atomic E-state index is 0.144. The molecule has 0 radical (unpaired) electrons. The first-order valence-electron chi connectivity index (χ1n) is 6.32. The fourth-order valence-electron chi connectivity index (χ4n) is 1.94. The minimum Gasteiger partial charge on any atom is -0.457 e. The molecule has 0 saturated carbocycles. The second kappa shape index (κ2) is 6.10. The van der Waals surface area contributed by atoms with Crippen molar-refractivity contribution in [3.8, 4) is 11.5 Å². The van der Waals surface area contributed by atoms with Gasteiger partial charge in [0.2, 0.25) is 0 Å². The van der Waals surface area contributed by atoms with E-state index in [0.717, 1.165) is 17.2 Å². The fourth-order valence-corrected chi connectivity index (χ4v) is 2.43. The molecule has 0 N–H and O–H groups in total. The van der Waals surface area contributed by atoms with Gasteiger partial charge < -0.3 is 4.74 Å². The van der Waals surface area contributed by atoms with Gasteiger partial charge in [-0.15, -0.1) is 0 Å². The number of alkyl halides is 4. The predicted octanol–water partition coefficient (Wildman–Crippen LogP) is 6.01. The van der Waals surface area contributed by atoms with Crippen LogP contribution >= 0.6 is 15.9 Å². The van der Waals surface area contributed by atoms with Crippen molar-refractivity contribution < 1.29 is 17.9 Å². The molecule has 0 saturated heterocycles. The molecule has 0 aliphatic heterocycles. The molecule has 21 heavy (non-hydrogen) atoms. The Labute approximate surface area is 129 Å². The molecule has 0 spiro atoms. The van der Waals surface area contributed by atoms with E-state index >= 15 is 0 Å². The highest BCUT2D eigenvalue weighted by Crippen LogP contribution is 2.36. The lowest BCUT2D eigenvalue weighted by atomic mass is 10.1. The van der Waals surface area contributed by atoms with Crippen LogP contribution in [0.2, 0.25) is 0 Å². The molecule has 112 valence electrons. The number of aryl methyl sites for hydroxylation is 2. The molecule has 2 rings (SSSR count). The Kier molecular flexibility index (Phi) is 4.61. The third-order valence-electron chi connectivity index (χ3n) is 3.10. The number of ether oxygens (including phenoxy) is 1. The lowest BCUT2D eigenvalue weighted by Crippen LogP contribution is -2.08. The van der Waals surface area contributed by atoms with Crippen LogP contribution in [0.1, 0.15) is 22.3 Å². The van der Waals surface area contributed by atoms with Crippen LogP contribution in [0.5, 0.6) is 11.5 Å². The zero-order valence-corrected chi connectivity index (χ0v) is 13.2. The third-order valence-corrected chi connectivity index (χ3v) is 3.71. The van der Waals surface area contributed by atoms with Crippen molar-refractivity contribution in [1.82, 2.24) is 0 Å². The van der Waals surface area contributed by atoms with E-state index in [9.17, 15) is 13.2 Å². The quantitative estimate of drug-likeness (QED) is 0.610. The second-order valence-corrected chi connectivity index (χ2v) is 5.38. The van der Waals surface area contributed by atoms with E-state index in [1.165, 1.54) is 6.07 Å². The van der Waals surface area contributed by atoms with Crippen LogP contribution in [-0.4, -0.2) is 0 Å². The van der Waals surface area contributed by atoms with Crippen LogP contribution in [-0.2, 0) is 11.5 Å². The Bertz CT molecular complexity index is 650. The Hall–Kier alpha value is -1.49. The van der Waals surface area contributed by atoms with E-state index in [2.05, 4.69) is 15.9 Å². The molecule has 0 atom stereocenters. The minimum atomic E-state index is -4.40. The van der Waals surface area contributed by atoms with Gasteiger partial charge in [0.25, 0.3) is 0 Å². The molecule has 1 nitrogen and oxygen atoms in total. The summed E-state index contributed by atoms with van der Waals surface area (Å²) in [6.45, 7) is 3.76. The Morgan fingerprint density at radius 2 is 1.76 bits per heavy atom. The fraction of sp³-hybridized carbons (Fsp3) is 0.250. The van der Waals surface area contributed by atoms with Crippen molar-refractivity contribution >= 4 is 15.9 Å². The maximum absolute atomic E-state index is 13.0. The molecule has 0 fully saturated rings. The van der Waals surface area contributed by atoms with Gasteiger partial charge in [-0.05, 0) is 48.7 Å². The zero-order chi connectivity index (χ0) is 15.6. The lowest BCUT2D eigenvalue weighted by Gasteiger charge is -2.15. The molecule has 0 amide bonds. The van der Waals surface area contributed by atoms with Crippen molar-refractivity contribution in [2.45, 2.75) is 25.4 Å². The highest BCUT2D eigenvalue weighted by Gasteiger charge is 2.33. The number of hydrogen-bond acceptors (Lipinski definition) is 1. The summed E-state index contributed by atoms with van der Waals surface area (Å²) in [6, 6.07) is 9.63. The van der Waals surface area contributed by atoms with Gasteiger partial charge in [0, 0.05) is 5.33 Å². The van der Waals surface area contributed by atoms with Crippen LogP contribution in [0.3, 0.4) is 0 Å². The molecule has 0 heterocycles. The molecular formula is C16H14BrF3O. The van der Waals surface area contributed by atoms with E-state index in [1.54, 1.807) is 12.1 Å². The first-order valence-corrected chi connectivity index (χ1v) is 7.44. The smallest absolute Gasteiger partial charge is 0.416 e. The monoisotopic (exact) mass is 358 g/mol. The van der Waals surface area contributed by atoms with Crippen molar-refractivity contribution in [3.63, 3.8) is 0 Å². The number of halogens is 4. The average Bonchev–Trinajstić information content (AvgIpc) is 2.42. The Morgan fingerprint density at radius 3 is 2.38 bits per heavy atom. The largest absolute Gasteiger partial charge is 0.457 e. The summed E-state index contributed by atoms with van der Waals surface area (Å²) in [4.78, 5) is 0. The molecule has 0 aromatic heterocycles. The zero-order valence-electron chi connectivity index (χ0n) is 11.6. The van der Waals surface area contributed by atoms with Gasteiger partial charge in [-0.2, -0.15) is 13.2 Å². The SMILES string of the molecule is Cc1ccc(C)c(Oc2ccc(CBr)c(C(F)(F)F)c2)c1. The summed E-state index contributed by atoms with van der Waals surface area (Å²) in [5.41, 5.74) is 1.38. The van der Waals surface area contributed by atoms with Crippen LogP contribution in [0.25, 0.3) is 0 Å². The van der Waals surface area contributed by atoms with Gasteiger partial charge in [0.1, 0.15) is 11.5 Å². The summed E-state index contributed by atoms with van der Waals surface area (Å²) >= 11 is 3.07. The molecule has 0 aliphatic rings. The third kappa shape index (κ3) is 3.79. The highest BCUT2D eigenvalue weighted by atomic mass is 79.9. The van der Waals surface area contributed by atoms with E-state index < -0.39 is 11.7 Å². The summed E-state index contributed by atoms with van der Waals surface area (Å²) in [5, 5.41) is 0.144. The average molecular weight is 359 g/mol. The van der Waals surface area contributed by atoms with Crippen LogP contribution in [0.15, 0.2) is 36.4 Å². The van der Waals surface area contributed by atoms with Gasteiger partial charge >= 0.3 is 6.18 Å². The van der Waals surface area contributed by atoms with Gasteiger partial charge in [0.05, 0.1) is 5.56 Å². The number of benzene rings is 2. The first-order chi connectivity index (χ1) is 9.81. The molecule has 5 heteroatoms. The molecule has 0 bridgehead atoms. The topological polar surface area (TPSA) is 9.23 Å². The van der Waals surface area contributed by atoms with Gasteiger partial charge in [-0.3, -0.25) is 0 Å².